The Balaban J connectivity index is 2.41. The van der Waals surface area contributed by atoms with Crippen LogP contribution < -0.4 is 9.62 Å². The lowest BCUT2D eigenvalue weighted by molar-refractivity contribution is -0.139. The number of sulfonamides is 1. The summed E-state index contributed by atoms with van der Waals surface area (Å²) < 4.78 is 25.9. The lowest BCUT2D eigenvalue weighted by atomic mass is 10.1. The van der Waals surface area contributed by atoms with Crippen molar-refractivity contribution >= 4 is 62.3 Å². The van der Waals surface area contributed by atoms with Gasteiger partial charge in [0.15, 0.2) is 0 Å². The molecule has 0 radical (unpaired) electrons. The van der Waals surface area contributed by atoms with Crippen LogP contribution in [0.2, 0.25) is 15.1 Å². The third-order valence-corrected chi connectivity index (χ3v) is 6.73. The van der Waals surface area contributed by atoms with E-state index in [2.05, 4.69) is 5.32 Å². The average molecular weight is 535 g/mol. The largest absolute Gasteiger partial charge is 0.352 e. The zero-order chi connectivity index (χ0) is 24.9. The fraction of sp³-hybridized carbons (Fsp3) is 0.364. The fourth-order valence-electron chi connectivity index (χ4n) is 3.04. The van der Waals surface area contributed by atoms with Crippen molar-refractivity contribution < 1.29 is 18.0 Å². The maximum absolute atomic E-state index is 13.4. The van der Waals surface area contributed by atoms with Crippen molar-refractivity contribution in [3.05, 3.63) is 63.1 Å². The van der Waals surface area contributed by atoms with Crippen molar-refractivity contribution in [3.8, 4) is 0 Å². The summed E-state index contributed by atoms with van der Waals surface area (Å²) in [5.74, 6) is -0.950. The highest BCUT2D eigenvalue weighted by molar-refractivity contribution is 7.92. The van der Waals surface area contributed by atoms with Gasteiger partial charge in [-0.3, -0.25) is 13.9 Å². The third-order valence-electron chi connectivity index (χ3n) is 4.75. The summed E-state index contributed by atoms with van der Waals surface area (Å²) >= 11 is 18.2. The number of amides is 2. The van der Waals surface area contributed by atoms with Crippen LogP contribution in [0, 0.1) is 0 Å². The van der Waals surface area contributed by atoms with Gasteiger partial charge in [-0.2, -0.15) is 0 Å². The van der Waals surface area contributed by atoms with Crippen LogP contribution in [0.3, 0.4) is 0 Å². The highest BCUT2D eigenvalue weighted by atomic mass is 35.5. The number of benzene rings is 2. The molecule has 0 aliphatic heterocycles. The molecule has 0 aromatic heterocycles. The molecule has 2 aromatic rings. The summed E-state index contributed by atoms with van der Waals surface area (Å²) in [6, 6.07) is 9.86. The van der Waals surface area contributed by atoms with Crippen LogP contribution in [0.15, 0.2) is 42.5 Å². The van der Waals surface area contributed by atoms with Gasteiger partial charge in [-0.1, -0.05) is 40.9 Å². The Kier molecular flexibility index (Phi) is 9.43. The molecule has 11 heteroatoms. The summed E-state index contributed by atoms with van der Waals surface area (Å²) in [7, 11) is -3.81. The van der Waals surface area contributed by atoms with Crippen molar-refractivity contribution in [2.75, 3.05) is 17.1 Å². The van der Waals surface area contributed by atoms with E-state index in [4.69, 9.17) is 34.8 Å². The number of hydrogen-bond acceptors (Lipinski definition) is 4. The Morgan fingerprint density at radius 1 is 0.970 bits per heavy atom. The van der Waals surface area contributed by atoms with E-state index in [1.54, 1.807) is 32.9 Å². The Hall–Kier alpha value is -2.00. The Labute approximate surface area is 209 Å². The van der Waals surface area contributed by atoms with Gasteiger partial charge in [0.1, 0.15) is 12.6 Å². The first-order valence-electron chi connectivity index (χ1n) is 10.1. The second-order valence-corrected chi connectivity index (χ2v) is 11.0. The second-order valence-electron chi connectivity index (χ2n) is 7.84. The zero-order valence-electron chi connectivity index (χ0n) is 18.7. The van der Waals surface area contributed by atoms with E-state index in [-0.39, 0.29) is 24.2 Å². The van der Waals surface area contributed by atoms with Gasteiger partial charge in [-0.25, -0.2) is 8.42 Å². The number of carbonyl (C=O) groups excluding carboxylic acids is 2. The summed E-state index contributed by atoms with van der Waals surface area (Å²) in [5, 5.41) is 3.96. The van der Waals surface area contributed by atoms with Gasteiger partial charge in [-0.05, 0) is 62.7 Å². The van der Waals surface area contributed by atoms with E-state index in [1.807, 2.05) is 0 Å². The molecular formula is C22H26Cl3N3O4S. The second kappa shape index (κ2) is 11.4. The van der Waals surface area contributed by atoms with Gasteiger partial charge in [0.05, 0.1) is 11.9 Å². The van der Waals surface area contributed by atoms with Crippen LogP contribution in [0.1, 0.15) is 26.3 Å². The quantitative estimate of drug-likeness (QED) is 0.518. The van der Waals surface area contributed by atoms with Crippen LogP contribution in [0.25, 0.3) is 0 Å². The molecule has 7 nitrogen and oxygen atoms in total. The highest BCUT2D eigenvalue weighted by Gasteiger charge is 2.30. The molecule has 0 bridgehead atoms. The summed E-state index contributed by atoms with van der Waals surface area (Å²) in [5.41, 5.74) is 0.843. The third kappa shape index (κ3) is 7.78. The monoisotopic (exact) mass is 533 g/mol. The summed E-state index contributed by atoms with van der Waals surface area (Å²) in [4.78, 5) is 27.4. The van der Waals surface area contributed by atoms with Gasteiger partial charge < -0.3 is 10.2 Å². The molecule has 2 rings (SSSR count). The van der Waals surface area contributed by atoms with Gasteiger partial charge >= 0.3 is 0 Å². The molecule has 2 amide bonds. The molecule has 0 saturated heterocycles. The van der Waals surface area contributed by atoms with Crippen molar-refractivity contribution in [1.29, 1.82) is 0 Å². The Morgan fingerprint density at radius 2 is 1.55 bits per heavy atom. The molecule has 0 spiro atoms. The van der Waals surface area contributed by atoms with Crippen molar-refractivity contribution in [2.24, 2.45) is 0 Å². The molecule has 0 saturated carbocycles. The van der Waals surface area contributed by atoms with Crippen molar-refractivity contribution in [2.45, 2.75) is 39.4 Å². The molecule has 1 unspecified atom stereocenters. The van der Waals surface area contributed by atoms with E-state index in [9.17, 15) is 18.0 Å². The molecular weight excluding hydrogens is 509 g/mol. The van der Waals surface area contributed by atoms with Gasteiger partial charge in [0, 0.05) is 27.7 Å². The number of anilines is 1. The summed E-state index contributed by atoms with van der Waals surface area (Å²) in [6.45, 7) is 4.66. The lowest BCUT2D eigenvalue weighted by Crippen LogP contribution is -2.52. The number of nitrogens with zero attached hydrogens (tertiary/aromatic N) is 2. The molecule has 1 N–H and O–H groups in total. The van der Waals surface area contributed by atoms with Gasteiger partial charge in [-0.15, -0.1) is 0 Å². The summed E-state index contributed by atoms with van der Waals surface area (Å²) in [6.07, 6.45) is 1.00. The van der Waals surface area contributed by atoms with E-state index in [1.165, 1.54) is 35.2 Å². The van der Waals surface area contributed by atoms with E-state index < -0.39 is 28.5 Å². The van der Waals surface area contributed by atoms with Crippen molar-refractivity contribution in [3.63, 3.8) is 0 Å². The molecule has 0 fully saturated rings. The smallest absolute Gasteiger partial charge is 0.244 e. The minimum atomic E-state index is -3.81. The van der Waals surface area contributed by atoms with Gasteiger partial charge in [0.25, 0.3) is 0 Å². The SMILES string of the molecule is CC(C)NC(=O)C(C)N(Cc1ccc(Cl)cc1Cl)C(=O)CN(c1ccc(Cl)cc1)S(C)(=O)=O. The average Bonchev–Trinajstić information content (AvgIpc) is 2.70. The number of nitrogens with one attached hydrogen (secondary N) is 1. The molecule has 2 aromatic carbocycles. The number of carbonyl (C=O) groups is 2. The normalized spacial score (nSPS) is 12.4. The fourth-order valence-corrected chi connectivity index (χ4v) is 4.49. The van der Waals surface area contributed by atoms with E-state index in [0.29, 0.717) is 20.6 Å². The predicted molar refractivity (Wildman–Crippen MR) is 133 cm³/mol. The van der Waals surface area contributed by atoms with Crippen molar-refractivity contribution in [1.82, 2.24) is 10.2 Å². The number of hydrogen-bond donors (Lipinski definition) is 1. The van der Waals surface area contributed by atoms with Crippen LogP contribution in [0.5, 0.6) is 0 Å². The van der Waals surface area contributed by atoms with Crippen LogP contribution in [-0.4, -0.2) is 50.0 Å². The Morgan fingerprint density at radius 3 is 2.06 bits per heavy atom. The highest BCUT2D eigenvalue weighted by Crippen LogP contribution is 2.25. The van der Waals surface area contributed by atoms with Gasteiger partial charge in [0.2, 0.25) is 21.8 Å². The minimum absolute atomic E-state index is 0.0141. The maximum atomic E-state index is 13.4. The maximum Gasteiger partial charge on any atom is 0.244 e. The van der Waals surface area contributed by atoms with Crippen LogP contribution >= 0.6 is 34.8 Å². The topological polar surface area (TPSA) is 86.8 Å². The van der Waals surface area contributed by atoms with E-state index in [0.717, 1.165) is 10.6 Å². The zero-order valence-corrected chi connectivity index (χ0v) is 21.8. The lowest BCUT2D eigenvalue weighted by Gasteiger charge is -2.32. The molecule has 0 heterocycles. The number of halogens is 3. The van der Waals surface area contributed by atoms with Crippen LogP contribution in [-0.2, 0) is 26.2 Å². The molecule has 0 aliphatic rings. The first-order chi connectivity index (χ1) is 15.3. The molecule has 33 heavy (non-hydrogen) atoms. The molecule has 0 aliphatic carbocycles. The molecule has 1 atom stereocenters. The van der Waals surface area contributed by atoms with Crippen LogP contribution in [0.4, 0.5) is 5.69 Å². The number of rotatable bonds is 9. The molecule has 180 valence electrons. The van der Waals surface area contributed by atoms with E-state index >= 15 is 0 Å². The predicted octanol–water partition coefficient (Wildman–Crippen LogP) is 4.35. The standard InChI is InChI=1S/C22H26Cl3N3O4S/c1-14(2)26-22(30)15(3)27(12-16-5-6-18(24)11-20(16)25)21(29)13-28(33(4,31)32)19-9-7-17(23)8-10-19/h5-11,14-15H,12-13H2,1-4H3,(H,26,30). The first kappa shape index (κ1) is 27.2. The first-order valence-corrected chi connectivity index (χ1v) is 13.0. The Bertz CT molecular complexity index is 1110. The minimum Gasteiger partial charge on any atom is -0.352 e.